The summed E-state index contributed by atoms with van der Waals surface area (Å²) in [7, 11) is -4.07. The zero-order valence-electron chi connectivity index (χ0n) is 12.2. The van der Waals surface area contributed by atoms with Gasteiger partial charge in [-0.15, -0.1) is 12.4 Å². The zero-order chi connectivity index (χ0) is 16.5. The summed E-state index contributed by atoms with van der Waals surface area (Å²) in [5.74, 6) is -1.53. The van der Waals surface area contributed by atoms with E-state index in [1.54, 1.807) is 0 Å². The molecule has 1 aromatic carbocycles. The topological polar surface area (TPSA) is 58.2 Å². The molecule has 0 aromatic heterocycles. The van der Waals surface area contributed by atoms with Gasteiger partial charge in [-0.2, -0.15) is 13.2 Å². The van der Waals surface area contributed by atoms with Crippen molar-refractivity contribution >= 4 is 22.4 Å². The van der Waals surface area contributed by atoms with Crippen LogP contribution >= 0.6 is 12.4 Å². The number of rotatable bonds is 3. The first kappa shape index (κ1) is 20.1. The van der Waals surface area contributed by atoms with Crippen LogP contribution in [0, 0.1) is 11.7 Å². The summed E-state index contributed by atoms with van der Waals surface area (Å²) in [5, 5.41) is 3.03. The fraction of sp³-hybridized carbons (Fsp3) is 0.538. The van der Waals surface area contributed by atoms with Crippen LogP contribution < -0.4 is 10.0 Å². The Labute approximate surface area is 138 Å². The van der Waals surface area contributed by atoms with Crippen LogP contribution in [-0.4, -0.2) is 27.5 Å². The first-order valence-corrected chi connectivity index (χ1v) is 8.19. The van der Waals surface area contributed by atoms with Crippen LogP contribution in [0.15, 0.2) is 23.1 Å². The fourth-order valence-corrected chi connectivity index (χ4v) is 3.66. The Balaban J connectivity index is 0.00000264. The standard InChI is InChI=1S/C13H16F4N2O2S.ClH/c1-8-4-5-18-7-12(8)19-22(20,21)9-2-3-10(11(14)6-9)13(15,16)17;/h2-3,6,8,12,18-19H,4-5,7H2,1H3;1H. The van der Waals surface area contributed by atoms with Gasteiger partial charge in [0.05, 0.1) is 10.5 Å². The highest BCUT2D eigenvalue weighted by Crippen LogP contribution is 2.32. The third-order valence-electron chi connectivity index (χ3n) is 3.69. The van der Waals surface area contributed by atoms with Gasteiger partial charge in [0.25, 0.3) is 0 Å². The van der Waals surface area contributed by atoms with Crippen molar-refractivity contribution in [2.24, 2.45) is 5.92 Å². The summed E-state index contributed by atoms with van der Waals surface area (Å²) in [6.45, 7) is 3.07. The molecule has 0 saturated carbocycles. The lowest BCUT2D eigenvalue weighted by molar-refractivity contribution is -0.140. The van der Waals surface area contributed by atoms with E-state index in [4.69, 9.17) is 0 Å². The molecule has 1 saturated heterocycles. The van der Waals surface area contributed by atoms with Gasteiger partial charge < -0.3 is 5.32 Å². The molecular weight excluding hydrogens is 360 g/mol. The first-order chi connectivity index (χ1) is 10.1. The van der Waals surface area contributed by atoms with Crippen molar-refractivity contribution in [3.8, 4) is 0 Å². The van der Waals surface area contributed by atoms with Gasteiger partial charge in [-0.3, -0.25) is 0 Å². The minimum Gasteiger partial charge on any atom is -0.315 e. The second kappa shape index (κ2) is 7.33. The second-order valence-electron chi connectivity index (χ2n) is 5.34. The third kappa shape index (κ3) is 4.79. The minimum absolute atomic E-state index is 0. The van der Waals surface area contributed by atoms with Crippen LogP contribution in [0.2, 0.25) is 0 Å². The maximum absolute atomic E-state index is 13.5. The zero-order valence-corrected chi connectivity index (χ0v) is 13.8. The molecule has 1 aliphatic heterocycles. The maximum Gasteiger partial charge on any atom is 0.419 e. The summed E-state index contributed by atoms with van der Waals surface area (Å²) in [5.41, 5.74) is -1.49. The number of hydrogen-bond donors (Lipinski definition) is 2. The lowest BCUT2D eigenvalue weighted by Gasteiger charge is -2.30. The molecular formula is C13H17ClF4N2O2S. The van der Waals surface area contributed by atoms with E-state index in [1.165, 1.54) is 0 Å². The molecule has 2 atom stereocenters. The molecule has 0 spiro atoms. The second-order valence-corrected chi connectivity index (χ2v) is 7.05. The summed E-state index contributed by atoms with van der Waals surface area (Å²) >= 11 is 0. The summed E-state index contributed by atoms with van der Waals surface area (Å²) < 4.78 is 77.7. The van der Waals surface area contributed by atoms with Gasteiger partial charge in [-0.05, 0) is 37.1 Å². The first-order valence-electron chi connectivity index (χ1n) is 6.71. The van der Waals surface area contributed by atoms with Gasteiger partial charge in [-0.25, -0.2) is 17.5 Å². The van der Waals surface area contributed by atoms with Crippen LogP contribution in [-0.2, 0) is 16.2 Å². The summed E-state index contributed by atoms with van der Waals surface area (Å²) in [6, 6.07) is 1.21. The van der Waals surface area contributed by atoms with E-state index in [-0.39, 0.29) is 24.4 Å². The van der Waals surface area contributed by atoms with Crippen molar-refractivity contribution in [2.75, 3.05) is 13.1 Å². The predicted molar refractivity (Wildman–Crippen MR) is 79.4 cm³/mol. The Morgan fingerprint density at radius 2 is 1.96 bits per heavy atom. The fourth-order valence-electron chi connectivity index (χ4n) is 2.31. The summed E-state index contributed by atoms with van der Waals surface area (Å²) in [6.07, 6.45) is -4.09. The molecule has 10 heteroatoms. The van der Waals surface area contributed by atoms with E-state index in [9.17, 15) is 26.0 Å². The molecule has 0 amide bonds. The number of piperidine rings is 1. The lowest BCUT2D eigenvalue weighted by Crippen LogP contribution is -2.50. The van der Waals surface area contributed by atoms with E-state index in [1.807, 2.05) is 6.92 Å². The highest BCUT2D eigenvalue weighted by Gasteiger charge is 2.35. The van der Waals surface area contributed by atoms with Gasteiger partial charge in [0.1, 0.15) is 5.82 Å². The van der Waals surface area contributed by atoms with E-state index >= 15 is 0 Å². The molecule has 0 aliphatic carbocycles. The molecule has 23 heavy (non-hydrogen) atoms. The van der Waals surface area contributed by atoms with Gasteiger partial charge in [0.2, 0.25) is 10.0 Å². The number of sulfonamides is 1. The predicted octanol–water partition coefficient (Wildman–Crippen LogP) is 2.54. The SMILES string of the molecule is CC1CCNCC1NS(=O)(=O)c1ccc(C(F)(F)F)c(F)c1.Cl. The van der Waals surface area contributed by atoms with Crippen LogP contribution in [0.25, 0.3) is 0 Å². The number of hydrogen-bond acceptors (Lipinski definition) is 3. The highest BCUT2D eigenvalue weighted by molar-refractivity contribution is 7.89. The number of benzene rings is 1. The van der Waals surface area contributed by atoms with Crippen molar-refractivity contribution < 1.29 is 26.0 Å². The molecule has 1 heterocycles. The van der Waals surface area contributed by atoms with E-state index in [2.05, 4.69) is 10.0 Å². The Hall–Kier alpha value is -0.900. The molecule has 1 aliphatic rings. The number of nitrogens with one attached hydrogen (secondary N) is 2. The van der Waals surface area contributed by atoms with Crippen LogP contribution in [0.3, 0.4) is 0 Å². The molecule has 1 aromatic rings. The van der Waals surface area contributed by atoms with Crippen molar-refractivity contribution in [2.45, 2.75) is 30.5 Å². The monoisotopic (exact) mass is 376 g/mol. The van der Waals surface area contributed by atoms with Gasteiger partial charge >= 0.3 is 6.18 Å². The lowest BCUT2D eigenvalue weighted by atomic mass is 9.96. The molecule has 0 bridgehead atoms. The Bertz CT molecular complexity index is 652. The molecule has 0 radical (unpaired) electrons. The number of halogens is 5. The Kier molecular flexibility index (Phi) is 6.42. The van der Waals surface area contributed by atoms with Crippen LogP contribution in [0.5, 0.6) is 0 Å². The molecule has 132 valence electrons. The quantitative estimate of drug-likeness (QED) is 0.797. The maximum atomic E-state index is 13.5. The van der Waals surface area contributed by atoms with Crippen molar-refractivity contribution in [1.82, 2.24) is 10.0 Å². The molecule has 4 nitrogen and oxygen atoms in total. The largest absolute Gasteiger partial charge is 0.419 e. The van der Waals surface area contributed by atoms with Crippen LogP contribution in [0.1, 0.15) is 18.9 Å². The Morgan fingerprint density at radius 3 is 2.48 bits per heavy atom. The summed E-state index contributed by atoms with van der Waals surface area (Å²) in [4.78, 5) is -0.518. The molecule has 2 rings (SSSR count). The van der Waals surface area contributed by atoms with E-state index in [0.29, 0.717) is 18.7 Å². The number of alkyl halides is 3. The van der Waals surface area contributed by atoms with Crippen LogP contribution in [0.4, 0.5) is 17.6 Å². The van der Waals surface area contributed by atoms with Gasteiger partial charge in [-0.1, -0.05) is 6.92 Å². The third-order valence-corrected chi connectivity index (χ3v) is 5.18. The molecule has 1 fully saturated rings. The molecule has 2 N–H and O–H groups in total. The normalized spacial score (nSPS) is 22.5. The molecule has 2 unspecified atom stereocenters. The average molecular weight is 377 g/mol. The smallest absolute Gasteiger partial charge is 0.315 e. The van der Waals surface area contributed by atoms with Gasteiger partial charge in [0, 0.05) is 12.6 Å². The van der Waals surface area contributed by atoms with Crippen molar-refractivity contribution in [1.29, 1.82) is 0 Å². The van der Waals surface area contributed by atoms with E-state index in [0.717, 1.165) is 19.0 Å². The minimum atomic E-state index is -4.86. The van der Waals surface area contributed by atoms with E-state index < -0.39 is 32.5 Å². The Morgan fingerprint density at radius 1 is 1.30 bits per heavy atom. The highest BCUT2D eigenvalue weighted by atomic mass is 35.5. The average Bonchev–Trinajstić information content (AvgIpc) is 2.39. The van der Waals surface area contributed by atoms with Crippen molar-refractivity contribution in [3.63, 3.8) is 0 Å². The van der Waals surface area contributed by atoms with Crippen molar-refractivity contribution in [3.05, 3.63) is 29.6 Å². The van der Waals surface area contributed by atoms with Gasteiger partial charge in [0.15, 0.2) is 0 Å².